The molecule has 0 heterocycles. The van der Waals surface area contributed by atoms with Gasteiger partial charge in [-0.05, 0) is 24.7 Å². The van der Waals surface area contributed by atoms with Crippen molar-refractivity contribution in [1.82, 2.24) is 0 Å². The summed E-state index contributed by atoms with van der Waals surface area (Å²) in [6, 6.07) is 0.358. The average molecular weight is 270 g/mol. The first-order valence-corrected chi connectivity index (χ1v) is 4.55. The SMILES string of the molecule is CC(=O)[N-]C1CC2CC2(C)C1.[CH-]=O.[Y]. The Morgan fingerprint density at radius 1 is 1.43 bits per heavy atom. The Morgan fingerprint density at radius 3 is 2.36 bits per heavy atom. The standard InChI is InChI=1S/C9H15NO.CHO.Y/c1-6(11)10-8-3-7-4-9(7,2)5-8;1-2;/h7-8H,3-5H2,1-2H3,(H,10,11);1H;/q;-1;/p-1. The van der Waals surface area contributed by atoms with Gasteiger partial charge in [-0.15, -0.1) is 6.04 Å². The Bertz CT molecular complexity index is 222. The van der Waals surface area contributed by atoms with Crippen LogP contribution in [-0.2, 0) is 42.3 Å². The van der Waals surface area contributed by atoms with E-state index in [1.807, 2.05) is 0 Å². The number of carbonyl (C=O) groups excluding carboxylic acids is 2. The van der Waals surface area contributed by atoms with E-state index in [0.717, 1.165) is 18.8 Å². The normalized spacial score (nSPS) is 37.0. The van der Waals surface area contributed by atoms with Crippen molar-refractivity contribution in [1.29, 1.82) is 0 Å². The molecular formula is C10H15NO2Y-2. The third-order valence-electron chi connectivity index (χ3n) is 3.16. The number of hydrogen-bond acceptors (Lipinski definition) is 2. The second-order valence-corrected chi connectivity index (χ2v) is 4.30. The van der Waals surface area contributed by atoms with E-state index in [2.05, 4.69) is 19.0 Å². The summed E-state index contributed by atoms with van der Waals surface area (Å²) in [5.41, 5.74) is 0.573. The maximum atomic E-state index is 10.7. The number of amides is 1. The maximum Gasteiger partial charge on any atom is 0.0481 e. The van der Waals surface area contributed by atoms with E-state index in [4.69, 9.17) is 4.79 Å². The zero-order valence-corrected chi connectivity index (χ0v) is 11.5. The van der Waals surface area contributed by atoms with Crippen LogP contribution in [0, 0.1) is 11.3 Å². The third-order valence-corrected chi connectivity index (χ3v) is 3.16. The molecule has 2 saturated carbocycles. The Labute approximate surface area is 110 Å². The second-order valence-electron chi connectivity index (χ2n) is 4.30. The molecule has 1 amide bonds. The Morgan fingerprint density at radius 2 is 2.00 bits per heavy atom. The molecule has 0 spiro atoms. The van der Waals surface area contributed by atoms with Crippen LogP contribution in [0.1, 0.15) is 33.1 Å². The number of fused-ring (bicyclic) bond motifs is 1. The van der Waals surface area contributed by atoms with Crippen LogP contribution in [0.5, 0.6) is 0 Å². The minimum absolute atomic E-state index is 0. The molecular weight excluding hydrogens is 255 g/mol. The van der Waals surface area contributed by atoms with Gasteiger partial charge in [0.15, 0.2) is 0 Å². The van der Waals surface area contributed by atoms with E-state index in [1.165, 1.54) is 6.42 Å². The molecule has 0 bridgehead atoms. The van der Waals surface area contributed by atoms with Gasteiger partial charge in [-0.25, -0.2) is 0 Å². The molecule has 2 aliphatic rings. The van der Waals surface area contributed by atoms with Crippen molar-refractivity contribution in [3.63, 3.8) is 0 Å². The minimum atomic E-state index is -0.0000926. The quantitative estimate of drug-likeness (QED) is 0.539. The van der Waals surface area contributed by atoms with Crippen LogP contribution < -0.4 is 0 Å². The van der Waals surface area contributed by atoms with Crippen molar-refractivity contribution in [3.8, 4) is 0 Å². The van der Waals surface area contributed by atoms with Crippen LogP contribution in [0.2, 0.25) is 0 Å². The Kier molecular flexibility index (Phi) is 5.45. The first kappa shape index (κ1) is 14.2. The molecule has 0 aliphatic heterocycles. The van der Waals surface area contributed by atoms with Gasteiger partial charge < -0.3 is 14.9 Å². The Balaban J connectivity index is 0.000000531. The van der Waals surface area contributed by atoms with Gasteiger partial charge in [0, 0.05) is 38.6 Å². The smallest absolute Gasteiger partial charge is 0.0481 e. The molecule has 77 valence electrons. The van der Waals surface area contributed by atoms with Crippen LogP contribution in [0.15, 0.2) is 0 Å². The van der Waals surface area contributed by atoms with Gasteiger partial charge in [-0.1, -0.05) is 19.8 Å². The van der Waals surface area contributed by atoms with Crippen LogP contribution in [0.3, 0.4) is 0 Å². The first-order chi connectivity index (χ1) is 6.10. The van der Waals surface area contributed by atoms with Crippen LogP contribution in [0.25, 0.3) is 5.32 Å². The van der Waals surface area contributed by atoms with E-state index in [0.29, 0.717) is 11.5 Å². The summed E-state index contributed by atoms with van der Waals surface area (Å²) in [5.74, 6) is 0.885. The minimum Gasteiger partial charge on any atom is -0.651 e. The van der Waals surface area contributed by atoms with Gasteiger partial charge in [0.1, 0.15) is 0 Å². The molecule has 3 atom stereocenters. The van der Waals surface area contributed by atoms with E-state index < -0.39 is 0 Å². The fourth-order valence-electron chi connectivity index (χ4n) is 2.43. The molecule has 14 heavy (non-hydrogen) atoms. The molecule has 2 fully saturated rings. The molecule has 3 unspecified atom stereocenters. The molecule has 0 saturated heterocycles. The van der Waals surface area contributed by atoms with Gasteiger partial charge >= 0.3 is 0 Å². The fourth-order valence-corrected chi connectivity index (χ4v) is 2.43. The van der Waals surface area contributed by atoms with Crippen molar-refractivity contribution in [2.75, 3.05) is 0 Å². The zero-order chi connectivity index (χ0) is 10.1. The molecule has 0 aromatic heterocycles. The average Bonchev–Trinajstić information content (AvgIpc) is 2.54. The summed E-state index contributed by atoms with van der Waals surface area (Å²) in [6.45, 7) is 7.11. The van der Waals surface area contributed by atoms with Crippen LogP contribution in [-0.4, -0.2) is 18.7 Å². The van der Waals surface area contributed by atoms with E-state index >= 15 is 0 Å². The zero-order valence-electron chi connectivity index (χ0n) is 8.69. The summed E-state index contributed by atoms with van der Waals surface area (Å²) >= 11 is 0. The van der Waals surface area contributed by atoms with Gasteiger partial charge in [0.2, 0.25) is 0 Å². The fraction of sp³-hybridized carbons (Fsp3) is 0.800. The summed E-state index contributed by atoms with van der Waals surface area (Å²) in [4.78, 5) is 18.4. The van der Waals surface area contributed by atoms with Crippen LogP contribution >= 0.6 is 0 Å². The van der Waals surface area contributed by atoms with Crippen molar-refractivity contribution in [3.05, 3.63) is 5.32 Å². The van der Waals surface area contributed by atoms with Crippen LogP contribution in [0.4, 0.5) is 0 Å². The summed E-state index contributed by atoms with van der Waals surface area (Å²) in [6.07, 6.45) is 3.68. The predicted octanol–water partition coefficient (Wildman–Crippen LogP) is 1.82. The van der Waals surface area contributed by atoms with E-state index in [9.17, 15) is 4.79 Å². The van der Waals surface area contributed by atoms with Gasteiger partial charge in [0.25, 0.3) is 0 Å². The summed E-state index contributed by atoms with van der Waals surface area (Å²) in [5, 5.41) is 4.06. The molecule has 4 heteroatoms. The monoisotopic (exact) mass is 270 g/mol. The summed E-state index contributed by atoms with van der Waals surface area (Å²) in [7, 11) is 0. The van der Waals surface area contributed by atoms with Gasteiger partial charge in [-0.3, -0.25) is 6.79 Å². The van der Waals surface area contributed by atoms with E-state index in [-0.39, 0.29) is 38.6 Å². The molecule has 0 N–H and O–H groups in total. The van der Waals surface area contributed by atoms with Crippen molar-refractivity contribution < 1.29 is 42.3 Å². The molecule has 0 aromatic carbocycles. The number of nitrogens with zero attached hydrogens (tertiary/aromatic N) is 1. The number of rotatable bonds is 1. The number of carbonyl (C=O) groups is 1. The molecule has 3 nitrogen and oxygen atoms in total. The maximum absolute atomic E-state index is 10.7. The van der Waals surface area contributed by atoms with Crippen molar-refractivity contribution in [2.45, 2.75) is 39.2 Å². The third kappa shape index (κ3) is 3.13. The molecule has 1 radical (unpaired) electrons. The predicted molar refractivity (Wildman–Crippen MR) is 50.0 cm³/mol. The largest absolute Gasteiger partial charge is 0.651 e. The van der Waals surface area contributed by atoms with Crippen molar-refractivity contribution in [2.24, 2.45) is 11.3 Å². The first-order valence-electron chi connectivity index (χ1n) is 4.55. The summed E-state index contributed by atoms with van der Waals surface area (Å²) < 4.78 is 0. The molecule has 2 aliphatic carbocycles. The van der Waals surface area contributed by atoms with E-state index in [1.54, 1.807) is 6.92 Å². The van der Waals surface area contributed by atoms with Gasteiger partial charge in [0.05, 0.1) is 0 Å². The molecule has 2 rings (SSSR count). The second kappa shape index (κ2) is 5.36. The topological polar surface area (TPSA) is 48.2 Å². The Hall–Kier alpha value is 0.244. The van der Waals surface area contributed by atoms with Gasteiger partial charge in [-0.2, -0.15) is 0 Å². The number of hydrogen-bond donors (Lipinski definition) is 0. The molecule has 0 aromatic rings. The van der Waals surface area contributed by atoms with Crippen molar-refractivity contribution >= 4 is 12.7 Å².